The van der Waals surface area contributed by atoms with E-state index in [1.165, 1.54) is 0 Å². The van der Waals surface area contributed by atoms with E-state index in [-0.39, 0.29) is 5.41 Å². The molecule has 4 rings (SSSR count). The Bertz CT molecular complexity index is 1140. The van der Waals surface area contributed by atoms with Crippen LogP contribution in [0.2, 0.25) is 0 Å². The SMILES string of the molecule is CC(C)(C)c1ccccc1S(=O)(=O)C1CNCCN1c1ccc2ccncc2c1. The number of hydrogen-bond acceptors (Lipinski definition) is 5. The average molecular weight is 410 g/mol. The average Bonchev–Trinajstić information content (AvgIpc) is 2.73. The molecule has 152 valence electrons. The van der Waals surface area contributed by atoms with Gasteiger partial charge in [0.05, 0.1) is 4.90 Å². The maximum atomic E-state index is 13.8. The number of aromatic nitrogens is 1. The van der Waals surface area contributed by atoms with Crippen LogP contribution in [-0.2, 0) is 15.3 Å². The maximum absolute atomic E-state index is 13.8. The third kappa shape index (κ3) is 3.74. The first-order valence-electron chi connectivity index (χ1n) is 9.93. The molecule has 2 aromatic carbocycles. The first kappa shape index (κ1) is 19.9. The zero-order valence-electron chi connectivity index (χ0n) is 17.1. The summed E-state index contributed by atoms with van der Waals surface area (Å²) in [5, 5.41) is 4.72. The van der Waals surface area contributed by atoms with E-state index in [9.17, 15) is 8.42 Å². The van der Waals surface area contributed by atoms with Gasteiger partial charge in [-0.1, -0.05) is 45.0 Å². The van der Waals surface area contributed by atoms with Crippen LogP contribution in [0.4, 0.5) is 5.69 Å². The lowest BCUT2D eigenvalue weighted by Crippen LogP contribution is -2.55. The third-order valence-electron chi connectivity index (χ3n) is 5.51. The van der Waals surface area contributed by atoms with Crippen molar-refractivity contribution in [3.05, 3.63) is 66.5 Å². The van der Waals surface area contributed by atoms with Gasteiger partial charge in [0, 0.05) is 43.1 Å². The number of piperazine rings is 1. The lowest BCUT2D eigenvalue weighted by molar-refractivity contribution is 0.513. The number of anilines is 1. The van der Waals surface area contributed by atoms with Crippen LogP contribution < -0.4 is 10.2 Å². The van der Waals surface area contributed by atoms with Gasteiger partial charge in [0.25, 0.3) is 0 Å². The van der Waals surface area contributed by atoms with Crippen LogP contribution in [0.15, 0.2) is 65.8 Å². The topological polar surface area (TPSA) is 62.3 Å². The molecule has 1 atom stereocenters. The summed E-state index contributed by atoms with van der Waals surface area (Å²) >= 11 is 0. The summed E-state index contributed by atoms with van der Waals surface area (Å²) in [7, 11) is -3.58. The van der Waals surface area contributed by atoms with Crippen LogP contribution in [0.3, 0.4) is 0 Å². The zero-order valence-corrected chi connectivity index (χ0v) is 17.9. The molecular weight excluding hydrogens is 382 g/mol. The Morgan fingerprint density at radius 1 is 1.07 bits per heavy atom. The summed E-state index contributed by atoms with van der Waals surface area (Å²) in [5.74, 6) is 0. The molecule has 3 aromatic rings. The molecule has 0 bridgehead atoms. The number of pyridine rings is 1. The van der Waals surface area contributed by atoms with Gasteiger partial charge in [-0.3, -0.25) is 4.98 Å². The molecule has 0 spiro atoms. The lowest BCUT2D eigenvalue weighted by Gasteiger charge is -2.38. The highest BCUT2D eigenvalue weighted by atomic mass is 32.2. The maximum Gasteiger partial charge on any atom is 0.200 e. The highest BCUT2D eigenvalue weighted by Crippen LogP contribution is 2.33. The minimum Gasteiger partial charge on any atom is -0.352 e. The smallest absolute Gasteiger partial charge is 0.200 e. The number of rotatable bonds is 3. The number of hydrogen-bond donors (Lipinski definition) is 1. The van der Waals surface area contributed by atoms with Gasteiger partial charge in [0.1, 0.15) is 5.37 Å². The molecule has 1 aromatic heterocycles. The van der Waals surface area contributed by atoms with E-state index >= 15 is 0 Å². The molecule has 0 radical (unpaired) electrons. The molecule has 1 aliphatic heterocycles. The van der Waals surface area contributed by atoms with Crippen molar-refractivity contribution in [1.29, 1.82) is 0 Å². The molecule has 5 nitrogen and oxygen atoms in total. The van der Waals surface area contributed by atoms with Crippen molar-refractivity contribution >= 4 is 26.3 Å². The van der Waals surface area contributed by atoms with Gasteiger partial charge in [-0.05, 0) is 40.6 Å². The fourth-order valence-electron chi connectivity index (χ4n) is 3.98. The quantitative estimate of drug-likeness (QED) is 0.714. The molecule has 1 aliphatic rings. The molecular formula is C23H27N3O2S. The summed E-state index contributed by atoms with van der Waals surface area (Å²) in [6, 6.07) is 15.4. The van der Waals surface area contributed by atoms with Gasteiger partial charge in [-0.25, -0.2) is 8.42 Å². The van der Waals surface area contributed by atoms with E-state index in [1.54, 1.807) is 12.3 Å². The highest BCUT2D eigenvalue weighted by molar-refractivity contribution is 7.92. The van der Waals surface area contributed by atoms with Gasteiger partial charge < -0.3 is 10.2 Å². The van der Waals surface area contributed by atoms with Crippen molar-refractivity contribution in [3.63, 3.8) is 0 Å². The Labute approximate surface area is 172 Å². The van der Waals surface area contributed by atoms with Crippen molar-refractivity contribution in [2.45, 2.75) is 36.5 Å². The fraction of sp³-hybridized carbons (Fsp3) is 0.348. The molecule has 0 amide bonds. The Kier molecular flexibility index (Phi) is 5.09. The highest BCUT2D eigenvalue weighted by Gasteiger charge is 2.37. The van der Waals surface area contributed by atoms with Crippen LogP contribution in [0.25, 0.3) is 10.8 Å². The van der Waals surface area contributed by atoms with Crippen LogP contribution in [-0.4, -0.2) is 38.4 Å². The lowest BCUT2D eigenvalue weighted by atomic mass is 9.87. The third-order valence-corrected chi connectivity index (χ3v) is 7.62. The Balaban J connectivity index is 1.79. The normalized spacial score (nSPS) is 18.2. The largest absolute Gasteiger partial charge is 0.352 e. The Morgan fingerprint density at radius 3 is 2.66 bits per heavy atom. The minimum atomic E-state index is -3.58. The number of benzene rings is 2. The summed E-state index contributed by atoms with van der Waals surface area (Å²) < 4.78 is 27.6. The summed E-state index contributed by atoms with van der Waals surface area (Å²) in [6.07, 6.45) is 3.59. The van der Waals surface area contributed by atoms with E-state index in [1.807, 2.05) is 53.6 Å². The molecule has 1 fully saturated rings. The molecule has 6 heteroatoms. The van der Waals surface area contributed by atoms with Crippen molar-refractivity contribution < 1.29 is 8.42 Å². The second kappa shape index (κ2) is 7.43. The van der Waals surface area contributed by atoms with Crippen LogP contribution in [0.1, 0.15) is 26.3 Å². The summed E-state index contributed by atoms with van der Waals surface area (Å²) in [4.78, 5) is 6.64. The molecule has 2 heterocycles. The standard InChI is InChI=1S/C23H27N3O2S/c1-23(2,3)20-6-4-5-7-21(20)29(27,28)22-16-25-12-13-26(22)19-9-8-17-10-11-24-15-18(17)14-19/h4-11,14-15,22,25H,12-13,16H2,1-3H3. The van der Waals surface area contributed by atoms with Gasteiger partial charge in [-0.15, -0.1) is 0 Å². The first-order chi connectivity index (χ1) is 13.8. The van der Waals surface area contributed by atoms with Crippen molar-refractivity contribution in [2.24, 2.45) is 0 Å². The van der Waals surface area contributed by atoms with Gasteiger partial charge >= 0.3 is 0 Å². The molecule has 0 saturated carbocycles. The van der Waals surface area contributed by atoms with Gasteiger partial charge in [0.2, 0.25) is 9.84 Å². The molecule has 1 N–H and O–H groups in total. The second-order valence-electron chi connectivity index (χ2n) is 8.55. The number of nitrogens with one attached hydrogen (secondary N) is 1. The Hall–Kier alpha value is -2.44. The zero-order chi connectivity index (χ0) is 20.6. The van der Waals surface area contributed by atoms with E-state index in [0.717, 1.165) is 28.6 Å². The number of sulfone groups is 1. The van der Waals surface area contributed by atoms with Crippen molar-refractivity contribution in [3.8, 4) is 0 Å². The van der Waals surface area contributed by atoms with E-state index in [4.69, 9.17) is 0 Å². The molecule has 29 heavy (non-hydrogen) atoms. The Morgan fingerprint density at radius 2 is 1.86 bits per heavy atom. The van der Waals surface area contributed by atoms with E-state index < -0.39 is 15.2 Å². The van der Waals surface area contributed by atoms with Crippen molar-refractivity contribution in [2.75, 3.05) is 24.5 Å². The molecule has 0 aliphatic carbocycles. The first-order valence-corrected chi connectivity index (χ1v) is 11.5. The summed E-state index contributed by atoms with van der Waals surface area (Å²) in [6.45, 7) is 7.93. The van der Waals surface area contributed by atoms with Gasteiger partial charge in [0.15, 0.2) is 0 Å². The van der Waals surface area contributed by atoms with E-state index in [2.05, 4.69) is 31.1 Å². The predicted molar refractivity (Wildman–Crippen MR) is 118 cm³/mol. The molecule has 1 unspecified atom stereocenters. The molecule has 1 saturated heterocycles. The van der Waals surface area contributed by atoms with Crippen LogP contribution >= 0.6 is 0 Å². The minimum absolute atomic E-state index is 0.259. The second-order valence-corrected chi connectivity index (χ2v) is 10.6. The van der Waals surface area contributed by atoms with Crippen LogP contribution in [0.5, 0.6) is 0 Å². The number of fused-ring (bicyclic) bond motifs is 1. The van der Waals surface area contributed by atoms with E-state index in [0.29, 0.717) is 18.0 Å². The monoisotopic (exact) mass is 409 g/mol. The van der Waals surface area contributed by atoms with Crippen LogP contribution in [0, 0.1) is 0 Å². The fourth-order valence-corrected chi connectivity index (χ4v) is 6.13. The predicted octanol–water partition coefficient (Wildman–Crippen LogP) is 3.74. The number of nitrogens with zero attached hydrogens (tertiary/aromatic N) is 2. The van der Waals surface area contributed by atoms with Crippen molar-refractivity contribution in [1.82, 2.24) is 10.3 Å². The summed E-state index contributed by atoms with van der Waals surface area (Å²) in [5.41, 5.74) is 1.51. The van der Waals surface area contributed by atoms with Gasteiger partial charge in [-0.2, -0.15) is 0 Å².